The quantitative estimate of drug-likeness (QED) is 0.744. The Bertz CT molecular complexity index is 790. The minimum Gasteiger partial charge on any atom is -0.478 e. The lowest BCUT2D eigenvalue weighted by Crippen LogP contribution is -2.13. The van der Waals surface area contributed by atoms with Crippen molar-refractivity contribution < 1.29 is 22.7 Å². The van der Waals surface area contributed by atoms with E-state index in [1.165, 1.54) is 18.2 Å². The van der Waals surface area contributed by atoms with Crippen LogP contribution < -0.4 is 4.72 Å². The highest BCUT2D eigenvalue weighted by Gasteiger charge is 2.16. The number of hydrogen-bond donors (Lipinski definition) is 2. The van der Waals surface area contributed by atoms with Gasteiger partial charge >= 0.3 is 5.97 Å². The van der Waals surface area contributed by atoms with Crippen molar-refractivity contribution in [1.82, 2.24) is 0 Å². The second-order valence-electron chi connectivity index (χ2n) is 4.06. The first-order chi connectivity index (χ1) is 9.79. The van der Waals surface area contributed by atoms with E-state index in [1.807, 2.05) is 22.6 Å². The van der Waals surface area contributed by atoms with E-state index < -0.39 is 27.4 Å². The number of anilines is 1. The van der Waals surface area contributed by atoms with E-state index in [0.29, 0.717) is 0 Å². The van der Waals surface area contributed by atoms with Gasteiger partial charge in [-0.15, -0.1) is 0 Å². The molecule has 0 saturated carbocycles. The molecule has 2 N–H and O–H groups in total. The standard InChI is InChI=1S/C13H9FINO4S/c14-12-7-9(3-6-11(12)13(17)18)16-21(19,20)10-4-1-8(15)2-5-10/h1-7,16H,(H,17,18). The monoisotopic (exact) mass is 421 g/mol. The second kappa shape index (κ2) is 5.98. The van der Waals surface area contributed by atoms with E-state index in [9.17, 15) is 17.6 Å². The van der Waals surface area contributed by atoms with Crippen LogP contribution in [0.4, 0.5) is 10.1 Å². The molecule has 0 saturated heterocycles. The molecular formula is C13H9FINO4S. The Morgan fingerprint density at radius 3 is 2.29 bits per heavy atom. The summed E-state index contributed by atoms with van der Waals surface area (Å²) in [6.07, 6.45) is 0. The van der Waals surface area contributed by atoms with E-state index >= 15 is 0 Å². The number of carboxylic acid groups (broad SMARTS) is 1. The molecule has 110 valence electrons. The molecule has 2 aromatic rings. The summed E-state index contributed by atoms with van der Waals surface area (Å²) in [6.45, 7) is 0. The predicted molar refractivity (Wildman–Crippen MR) is 83.3 cm³/mol. The Morgan fingerprint density at radius 1 is 1.14 bits per heavy atom. The zero-order valence-electron chi connectivity index (χ0n) is 10.4. The summed E-state index contributed by atoms with van der Waals surface area (Å²) in [5.41, 5.74) is -0.566. The van der Waals surface area contributed by atoms with Crippen molar-refractivity contribution in [3.63, 3.8) is 0 Å². The Hall–Kier alpha value is -1.68. The first-order valence-electron chi connectivity index (χ1n) is 5.61. The number of hydrogen-bond acceptors (Lipinski definition) is 3. The molecule has 0 heterocycles. The molecule has 0 radical (unpaired) electrons. The van der Waals surface area contributed by atoms with Gasteiger partial charge in [0.2, 0.25) is 0 Å². The molecule has 5 nitrogen and oxygen atoms in total. The number of halogens is 2. The van der Waals surface area contributed by atoms with E-state index in [-0.39, 0.29) is 10.6 Å². The molecular weight excluding hydrogens is 412 g/mol. The van der Waals surface area contributed by atoms with Crippen molar-refractivity contribution in [2.75, 3.05) is 4.72 Å². The fraction of sp³-hybridized carbons (Fsp3) is 0. The molecule has 0 aromatic heterocycles. The highest BCUT2D eigenvalue weighted by Crippen LogP contribution is 2.19. The fourth-order valence-electron chi connectivity index (χ4n) is 1.58. The first-order valence-corrected chi connectivity index (χ1v) is 8.17. The number of sulfonamides is 1. The molecule has 2 rings (SSSR count). The van der Waals surface area contributed by atoms with Crippen molar-refractivity contribution in [1.29, 1.82) is 0 Å². The van der Waals surface area contributed by atoms with E-state index in [2.05, 4.69) is 4.72 Å². The SMILES string of the molecule is O=C(O)c1ccc(NS(=O)(=O)c2ccc(I)cc2)cc1F. The second-order valence-corrected chi connectivity index (χ2v) is 6.99. The van der Waals surface area contributed by atoms with Gasteiger partial charge in [0, 0.05) is 3.57 Å². The molecule has 0 atom stereocenters. The van der Waals surface area contributed by atoms with Crippen LogP contribution in [0.3, 0.4) is 0 Å². The largest absolute Gasteiger partial charge is 0.478 e. The molecule has 0 fully saturated rings. The minimum atomic E-state index is -3.85. The lowest BCUT2D eigenvalue weighted by Gasteiger charge is -2.09. The van der Waals surface area contributed by atoms with E-state index in [1.54, 1.807) is 12.1 Å². The van der Waals surface area contributed by atoms with Gasteiger partial charge in [-0.2, -0.15) is 0 Å². The predicted octanol–water partition coefficient (Wildman–Crippen LogP) is 2.93. The number of aromatic carboxylic acids is 1. The molecule has 0 aliphatic heterocycles. The molecule has 8 heteroatoms. The smallest absolute Gasteiger partial charge is 0.338 e. The summed E-state index contributed by atoms with van der Waals surface area (Å²) in [5.74, 6) is -2.43. The van der Waals surface area contributed by atoms with Gasteiger partial charge in [-0.25, -0.2) is 17.6 Å². The molecule has 0 aliphatic carbocycles. The van der Waals surface area contributed by atoms with Gasteiger partial charge in [-0.1, -0.05) is 0 Å². The van der Waals surface area contributed by atoms with Crippen LogP contribution in [0.25, 0.3) is 0 Å². The summed E-state index contributed by atoms with van der Waals surface area (Å²) in [5, 5.41) is 8.71. The molecule has 21 heavy (non-hydrogen) atoms. The number of carboxylic acids is 1. The summed E-state index contributed by atoms with van der Waals surface area (Å²) >= 11 is 2.04. The molecule has 0 aliphatic rings. The summed E-state index contributed by atoms with van der Waals surface area (Å²) in [4.78, 5) is 10.7. The van der Waals surface area contributed by atoms with Gasteiger partial charge in [0.15, 0.2) is 0 Å². The van der Waals surface area contributed by atoms with Crippen molar-refractivity contribution in [3.05, 3.63) is 57.4 Å². The third-order valence-corrected chi connectivity index (χ3v) is 4.69. The van der Waals surface area contributed by atoms with Gasteiger partial charge in [0.25, 0.3) is 10.0 Å². The van der Waals surface area contributed by atoms with Crippen molar-refractivity contribution >= 4 is 44.3 Å². The minimum absolute atomic E-state index is 0.0330. The van der Waals surface area contributed by atoms with Crippen LogP contribution in [-0.2, 0) is 10.0 Å². The van der Waals surface area contributed by atoms with Gasteiger partial charge in [-0.3, -0.25) is 4.72 Å². The first kappa shape index (κ1) is 15.7. The summed E-state index contributed by atoms with van der Waals surface area (Å²) in [7, 11) is -3.85. The lowest BCUT2D eigenvalue weighted by atomic mass is 10.2. The van der Waals surface area contributed by atoms with Crippen LogP contribution in [0.2, 0.25) is 0 Å². The third-order valence-electron chi connectivity index (χ3n) is 2.58. The molecule has 2 aromatic carbocycles. The van der Waals surface area contributed by atoms with Crippen LogP contribution in [0.15, 0.2) is 47.4 Å². The normalized spacial score (nSPS) is 11.1. The Balaban J connectivity index is 2.31. The van der Waals surface area contributed by atoms with Gasteiger partial charge in [-0.05, 0) is 65.1 Å². The molecule has 0 amide bonds. The average molecular weight is 421 g/mol. The van der Waals surface area contributed by atoms with Crippen LogP contribution in [-0.4, -0.2) is 19.5 Å². The van der Waals surface area contributed by atoms with E-state index in [4.69, 9.17) is 5.11 Å². The van der Waals surface area contributed by atoms with Crippen LogP contribution in [0, 0.1) is 9.39 Å². The maximum Gasteiger partial charge on any atom is 0.338 e. The van der Waals surface area contributed by atoms with Crippen molar-refractivity contribution in [3.8, 4) is 0 Å². The Kier molecular flexibility index (Phi) is 4.47. The van der Waals surface area contributed by atoms with Gasteiger partial charge in [0.05, 0.1) is 16.1 Å². The lowest BCUT2D eigenvalue weighted by molar-refractivity contribution is 0.0692. The van der Waals surface area contributed by atoms with Crippen molar-refractivity contribution in [2.24, 2.45) is 0 Å². The maximum absolute atomic E-state index is 13.5. The maximum atomic E-state index is 13.5. The molecule has 0 unspecified atom stereocenters. The zero-order chi connectivity index (χ0) is 15.6. The highest BCUT2D eigenvalue weighted by molar-refractivity contribution is 14.1. The highest BCUT2D eigenvalue weighted by atomic mass is 127. The Labute approximate surface area is 134 Å². The number of rotatable bonds is 4. The fourth-order valence-corrected chi connectivity index (χ4v) is 2.99. The van der Waals surface area contributed by atoms with Gasteiger partial charge < -0.3 is 5.11 Å². The topological polar surface area (TPSA) is 83.5 Å². The third kappa shape index (κ3) is 3.70. The van der Waals surface area contributed by atoms with Crippen LogP contribution in [0.1, 0.15) is 10.4 Å². The zero-order valence-corrected chi connectivity index (χ0v) is 13.4. The van der Waals surface area contributed by atoms with Crippen LogP contribution >= 0.6 is 22.6 Å². The molecule has 0 spiro atoms. The number of benzene rings is 2. The number of carbonyl (C=O) groups is 1. The van der Waals surface area contributed by atoms with Crippen LogP contribution in [0.5, 0.6) is 0 Å². The number of nitrogens with one attached hydrogen (secondary N) is 1. The van der Waals surface area contributed by atoms with E-state index in [0.717, 1.165) is 15.7 Å². The van der Waals surface area contributed by atoms with Crippen molar-refractivity contribution in [2.45, 2.75) is 4.90 Å². The summed E-state index contributed by atoms with van der Waals surface area (Å²) in [6, 6.07) is 9.12. The average Bonchev–Trinajstić information content (AvgIpc) is 2.38. The van der Waals surface area contributed by atoms with Gasteiger partial charge in [0.1, 0.15) is 5.82 Å². The Morgan fingerprint density at radius 2 is 1.76 bits per heavy atom. The summed E-state index contributed by atoms with van der Waals surface area (Å²) < 4.78 is 40.8. The molecule has 0 bridgehead atoms.